The maximum atomic E-state index is 12.6. The number of amides is 3. The Kier molecular flexibility index (Phi) is 5.55. The number of aromatic amines is 1. The lowest BCUT2D eigenvalue weighted by Crippen LogP contribution is -2.45. The lowest BCUT2D eigenvalue weighted by atomic mass is 9.91. The van der Waals surface area contributed by atoms with Crippen LogP contribution in [0.4, 0.5) is 5.13 Å². The molecule has 1 aliphatic rings. The van der Waals surface area contributed by atoms with Crippen molar-refractivity contribution >= 4 is 34.2 Å². The summed E-state index contributed by atoms with van der Waals surface area (Å²) in [5.41, 5.74) is 6.55. The molecule has 1 aliphatic heterocycles. The largest absolute Gasteiger partial charge is 0.364 e. The average molecular weight is 404 g/mol. The van der Waals surface area contributed by atoms with Crippen molar-refractivity contribution in [3.8, 4) is 11.3 Å². The minimum Gasteiger partial charge on any atom is -0.364 e. The maximum absolute atomic E-state index is 12.6. The fourth-order valence-electron chi connectivity index (χ4n) is 3.17. The van der Waals surface area contributed by atoms with E-state index in [9.17, 15) is 14.4 Å². The SMILES string of the molecule is CC(C)(C)C(=O)N1CCC(C(=O)Nc2nc(-c3c[nH]c(C(N)=O)c3)cs2)CC1. The third-order valence-corrected chi connectivity index (χ3v) is 5.53. The molecule has 2 aromatic rings. The van der Waals surface area contributed by atoms with Crippen molar-refractivity contribution in [3.05, 3.63) is 23.3 Å². The van der Waals surface area contributed by atoms with Crippen LogP contribution >= 0.6 is 11.3 Å². The Morgan fingerprint density at radius 2 is 1.96 bits per heavy atom. The molecule has 0 aliphatic carbocycles. The summed E-state index contributed by atoms with van der Waals surface area (Å²) in [4.78, 5) is 45.2. The first kappa shape index (κ1) is 20.1. The van der Waals surface area contributed by atoms with Gasteiger partial charge in [0.1, 0.15) is 5.69 Å². The van der Waals surface area contributed by atoms with Gasteiger partial charge in [-0.1, -0.05) is 20.8 Å². The van der Waals surface area contributed by atoms with Gasteiger partial charge in [0.15, 0.2) is 5.13 Å². The van der Waals surface area contributed by atoms with E-state index in [1.165, 1.54) is 11.3 Å². The van der Waals surface area contributed by atoms with Gasteiger partial charge in [-0.15, -0.1) is 11.3 Å². The van der Waals surface area contributed by atoms with Gasteiger partial charge in [-0.2, -0.15) is 0 Å². The Morgan fingerprint density at radius 1 is 1.29 bits per heavy atom. The van der Waals surface area contributed by atoms with E-state index in [1.54, 1.807) is 12.3 Å². The molecule has 3 rings (SSSR count). The summed E-state index contributed by atoms with van der Waals surface area (Å²) in [5.74, 6) is -0.621. The summed E-state index contributed by atoms with van der Waals surface area (Å²) >= 11 is 1.33. The van der Waals surface area contributed by atoms with E-state index in [0.717, 1.165) is 5.56 Å². The molecule has 0 unspecified atom stereocenters. The molecule has 0 spiro atoms. The molecule has 0 saturated carbocycles. The van der Waals surface area contributed by atoms with Gasteiger partial charge in [-0.05, 0) is 18.9 Å². The molecule has 3 amide bonds. The van der Waals surface area contributed by atoms with Gasteiger partial charge in [0.2, 0.25) is 11.8 Å². The summed E-state index contributed by atoms with van der Waals surface area (Å²) in [6.07, 6.45) is 2.94. The van der Waals surface area contributed by atoms with E-state index >= 15 is 0 Å². The van der Waals surface area contributed by atoms with E-state index in [2.05, 4.69) is 15.3 Å². The summed E-state index contributed by atoms with van der Waals surface area (Å²) in [6, 6.07) is 1.63. The monoisotopic (exact) mass is 403 g/mol. The Morgan fingerprint density at radius 3 is 2.54 bits per heavy atom. The molecule has 2 aromatic heterocycles. The summed E-state index contributed by atoms with van der Waals surface area (Å²) in [6.45, 7) is 6.91. The van der Waals surface area contributed by atoms with E-state index in [0.29, 0.717) is 42.5 Å². The number of anilines is 1. The number of piperidine rings is 1. The Labute approximate surface area is 167 Å². The Hall–Kier alpha value is -2.68. The smallest absolute Gasteiger partial charge is 0.265 e. The van der Waals surface area contributed by atoms with Crippen LogP contribution in [0.15, 0.2) is 17.6 Å². The lowest BCUT2D eigenvalue weighted by Gasteiger charge is -2.35. The highest BCUT2D eigenvalue weighted by Crippen LogP contribution is 2.28. The number of nitrogens with two attached hydrogens (primary N) is 1. The van der Waals surface area contributed by atoms with Crippen molar-refractivity contribution in [1.29, 1.82) is 0 Å². The number of hydrogen-bond donors (Lipinski definition) is 3. The third kappa shape index (κ3) is 4.41. The number of likely N-dealkylation sites (tertiary alicyclic amines) is 1. The van der Waals surface area contributed by atoms with Gasteiger partial charge in [0, 0.05) is 41.6 Å². The van der Waals surface area contributed by atoms with E-state index in [4.69, 9.17) is 5.73 Å². The minimum absolute atomic E-state index is 0.0735. The number of H-pyrrole nitrogens is 1. The van der Waals surface area contributed by atoms with Crippen LogP contribution in [0.2, 0.25) is 0 Å². The number of rotatable bonds is 4. The molecule has 0 bridgehead atoms. The van der Waals surface area contributed by atoms with Crippen molar-refractivity contribution in [2.75, 3.05) is 18.4 Å². The number of hydrogen-bond acceptors (Lipinski definition) is 5. The molecule has 8 nitrogen and oxygen atoms in total. The first-order valence-electron chi connectivity index (χ1n) is 9.19. The van der Waals surface area contributed by atoms with Crippen LogP contribution in [0.5, 0.6) is 0 Å². The van der Waals surface area contributed by atoms with Crippen LogP contribution < -0.4 is 11.1 Å². The average Bonchev–Trinajstić information content (AvgIpc) is 3.29. The zero-order chi connectivity index (χ0) is 20.5. The molecule has 1 saturated heterocycles. The predicted octanol–water partition coefficient (Wildman–Crippen LogP) is 2.46. The highest BCUT2D eigenvalue weighted by Gasteiger charge is 2.32. The zero-order valence-corrected chi connectivity index (χ0v) is 17.1. The number of carbonyl (C=O) groups is 3. The summed E-state index contributed by atoms with van der Waals surface area (Å²) in [7, 11) is 0. The van der Waals surface area contributed by atoms with Gasteiger partial charge >= 0.3 is 0 Å². The first-order valence-corrected chi connectivity index (χ1v) is 10.1. The number of aromatic nitrogens is 2. The van der Waals surface area contributed by atoms with Crippen LogP contribution in [0.1, 0.15) is 44.1 Å². The molecular formula is C19H25N5O3S. The zero-order valence-electron chi connectivity index (χ0n) is 16.2. The second kappa shape index (κ2) is 7.75. The number of thiazole rings is 1. The second-order valence-electron chi connectivity index (χ2n) is 8.01. The number of nitrogens with one attached hydrogen (secondary N) is 2. The molecule has 1 fully saturated rings. The van der Waals surface area contributed by atoms with Crippen LogP contribution in [0, 0.1) is 11.3 Å². The number of primary amides is 1. The van der Waals surface area contributed by atoms with Crippen LogP contribution in [0.3, 0.4) is 0 Å². The molecule has 0 aromatic carbocycles. The molecule has 0 atom stereocenters. The van der Waals surface area contributed by atoms with E-state index < -0.39 is 11.3 Å². The van der Waals surface area contributed by atoms with Crippen molar-refractivity contribution < 1.29 is 14.4 Å². The highest BCUT2D eigenvalue weighted by atomic mass is 32.1. The van der Waals surface area contributed by atoms with Gasteiger partial charge in [-0.3, -0.25) is 14.4 Å². The fraction of sp³-hybridized carbons (Fsp3) is 0.474. The summed E-state index contributed by atoms with van der Waals surface area (Å²) in [5, 5.41) is 5.19. The van der Waals surface area contributed by atoms with E-state index in [-0.39, 0.29) is 17.7 Å². The standard InChI is InChI=1S/C19H25N5O3S/c1-19(2,3)17(27)24-6-4-11(5-7-24)16(26)23-18-22-14(10-28-18)12-8-13(15(20)25)21-9-12/h8-11,21H,4-7H2,1-3H3,(H2,20,25)(H,22,23,26). The Bertz CT molecular complexity index is 888. The van der Waals surface area contributed by atoms with Gasteiger partial charge < -0.3 is 20.9 Å². The molecule has 150 valence electrons. The first-order chi connectivity index (χ1) is 13.1. The third-order valence-electron chi connectivity index (χ3n) is 4.77. The molecule has 9 heteroatoms. The molecule has 28 heavy (non-hydrogen) atoms. The topological polar surface area (TPSA) is 121 Å². The molecule has 0 radical (unpaired) electrons. The molecular weight excluding hydrogens is 378 g/mol. The van der Waals surface area contributed by atoms with E-state index in [1.807, 2.05) is 31.1 Å². The fourth-order valence-corrected chi connectivity index (χ4v) is 3.90. The van der Waals surface area contributed by atoms with Crippen molar-refractivity contribution in [3.63, 3.8) is 0 Å². The van der Waals surface area contributed by atoms with Crippen molar-refractivity contribution in [1.82, 2.24) is 14.9 Å². The van der Waals surface area contributed by atoms with Crippen molar-refractivity contribution in [2.45, 2.75) is 33.6 Å². The predicted molar refractivity (Wildman–Crippen MR) is 108 cm³/mol. The quantitative estimate of drug-likeness (QED) is 0.726. The molecule has 4 N–H and O–H groups in total. The summed E-state index contributed by atoms with van der Waals surface area (Å²) < 4.78 is 0. The number of carbonyl (C=O) groups excluding carboxylic acids is 3. The second-order valence-corrected chi connectivity index (χ2v) is 8.87. The highest BCUT2D eigenvalue weighted by molar-refractivity contribution is 7.14. The van der Waals surface area contributed by atoms with Gasteiger partial charge in [0.05, 0.1) is 5.69 Å². The normalized spacial score (nSPS) is 15.5. The van der Waals surface area contributed by atoms with Gasteiger partial charge in [0.25, 0.3) is 5.91 Å². The van der Waals surface area contributed by atoms with Crippen LogP contribution in [-0.4, -0.2) is 45.7 Å². The number of nitrogens with zero attached hydrogens (tertiary/aromatic N) is 2. The van der Waals surface area contributed by atoms with Crippen molar-refractivity contribution in [2.24, 2.45) is 17.1 Å². The minimum atomic E-state index is -0.536. The lowest BCUT2D eigenvalue weighted by molar-refractivity contribution is -0.142. The maximum Gasteiger partial charge on any atom is 0.265 e. The Balaban J connectivity index is 1.57. The van der Waals surface area contributed by atoms with Crippen LogP contribution in [-0.2, 0) is 9.59 Å². The molecule has 3 heterocycles. The van der Waals surface area contributed by atoms with Crippen LogP contribution in [0.25, 0.3) is 11.3 Å². The van der Waals surface area contributed by atoms with Gasteiger partial charge in [-0.25, -0.2) is 4.98 Å².